The predicted octanol–water partition coefficient (Wildman–Crippen LogP) is 2.99. The second-order valence-corrected chi connectivity index (χ2v) is 7.34. The van der Waals surface area contributed by atoms with Gasteiger partial charge >= 0.3 is 5.97 Å². The molecular weight excluding hydrogens is 274 g/mol. The van der Waals surface area contributed by atoms with Gasteiger partial charge in [-0.1, -0.05) is 26.2 Å². The molecule has 5 heteroatoms. The summed E-state index contributed by atoms with van der Waals surface area (Å²) in [4.78, 5) is 26.1. The van der Waals surface area contributed by atoms with Crippen molar-refractivity contribution < 1.29 is 14.7 Å². The molecule has 1 N–H and O–H groups in total. The number of carbonyl (C=O) groups is 2. The normalized spacial score (nSPS) is 30.4. The quantitative estimate of drug-likeness (QED) is 0.810. The van der Waals surface area contributed by atoms with Crippen molar-refractivity contribution >= 4 is 23.6 Å². The van der Waals surface area contributed by atoms with Crippen molar-refractivity contribution in [2.75, 3.05) is 0 Å². The van der Waals surface area contributed by atoms with Crippen LogP contribution in [0.3, 0.4) is 0 Å². The molecule has 1 saturated carbocycles. The summed E-state index contributed by atoms with van der Waals surface area (Å²) in [5.74, 6) is -0.892. The molecule has 1 aliphatic carbocycles. The van der Waals surface area contributed by atoms with E-state index in [9.17, 15) is 14.7 Å². The van der Waals surface area contributed by atoms with Crippen molar-refractivity contribution in [2.24, 2.45) is 5.92 Å². The molecule has 0 spiro atoms. The molecule has 0 aromatic heterocycles. The molecule has 20 heavy (non-hydrogen) atoms. The highest BCUT2D eigenvalue weighted by Crippen LogP contribution is 2.49. The van der Waals surface area contributed by atoms with Gasteiger partial charge in [0.1, 0.15) is 5.70 Å². The van der Waals surface area contributed by atoms with Gasteiger partial charge in [0.15, 0.2) is 0 Å². The van der Waals surface area contributed by atoms with Crippen LogP contribution >= 0.6 is 11.8 Å². The Balaban J connectivity index is 1.78. The number of thioether (sulfide) groups is 1. The lowest BCUT2D eigenvalue weighted by molar-refractivity contribution is -0.155. The molecule has 2 aliphatic heterocycles. The molecule has 0 bridgehead atoms. The van der Waals surface area contributed by atoms with E-state index in [0.29, 0.717) is 5.25 Å². The Labute approximate surface area is 123 Å². The van der Waals surface area contributed by atoms with Gasteiger partial charge in [0.2, 0.25) is 5.91 Å². The van der Waals surface area contributed by atoms with Gasteiger partial charge in [0, 0.05) is 16.6 Å². The van der Waals surface area contributed by atoms with Gasteiger partial charge in [0.05, 0.1) is 12.0 Å². The zero-order chi connectivity index (χ0) is 14.3. The summed E-state index contributed by atoms with van der Waals surface area (Å²) in [5.41, 5.74) is 0.278. The highest BCUT2D eigenvalue weighted by atomic mass is 32.2. The SMILES string of the molecule is CCC1C(=O)N2C(C(=O)O)=C(SC3CCCCC3)CC12. The van der Waals surface area contributed by atoms with E-state index < -0.39 is 5.97 Å². The molecule has 2 atom stereocenters. The lowest BCUT2D eigenvalue weighted by Crippen LogP contribution is -2.58. The fourth-order valence-electron chi connectivity index (χ4n) is 3.69. The summed E-state index contributed by atoms with van der Waals surface area (Å²) < 4.78 is 0. The van der Waals surface area contributed by atoms with Crippen LogP contribution in [0.25, 0.3) is 0 Å². The van der Waals surface area contributed by atoms with Crippen molar-refractivity contribution in [3.8, 4) is 0 Å². The Kier molecular flexibility index (Phi) is 3.80. The largest absolute Gasteiger partial charge is 0.477 e. The Morgan fingerprint density at radius 3 is 2.65 bits per heavy atom. The van der Waals surface area contributed by atoms with Gasteiger partial charge in [-0.3, -0.25) is 4.79 Å². The first-order valence-corrected chi connectivity index (χ1v) is 8.47. The van der Waals surface area contributed by atoms with Gasteiger partial charge in [-0.25, -0.2) is 4.79 Å². The lowest BCUT2D eigenvalue weighted by atomic mass is 9.85. The van der Waals surface area contributed by atoms with E-state index in [-0.39, 0.29) is 23.6 Å². The van der Waals surface area contributed by atoms with E-state index in [2.05, 4.69) is 0 Å². The summed E-state index contributed by atoms with van der Waals surface area (Å²) >= 11 is 1.73. The molecule has 0 radical (unpaired) electrons. The maximum atomic E-state index is 12.0. The van der Waals surface area contributed by atoms with Gasteiger partial charge in [-0.15, -0.1) is 11.8 Å². The number of carboxylic acids is 1. The number of carbonyl (C=O) groups excluding carboxylic acids is 1. The van der Waals surface area contributed by atoms with Gasteiger partial charge in [0.25, 0.3) is 0 Å². The summed E-state index contributed by atoms with van der Waals surface area (Å²) in [5, 5.41) is 9.99. The van der Waals surface area contributed by atoms with Crippen LogP contribution in [0.4, 0.5) is 0 Å². The molecule has 110 valence electrons. The Bertz CT molecular complexity index is 468. The fraction of sp³-hybridized carbons (Fsp3) is 0.733. The van der Waals surface area contributed by atoms with E-state index in [0.717, 1.165) is 17.7 Å². The van der Waals surface area contributed by atoms with Crippen molar-refractivity contribution in [1.82, 2.24) is 4.90 Å². The van der Waals surface area contributed by atoms with Crippen molar-refractivity contribution in [1.29, 1.82) is 0 Å². The summed E-state index contributed by atoms with van der Waals surface area (Å²) in [7, 11) is 0. The number of nitrogens with zero attached hydrogens (tertiary/aromatic N) is 1. The minimum Gasteiger partial charge on any atom is -0.477 e. The standard InChI is InChI=1S/C15H21NO3S/c1-2-10-11-8-12(20-9-6-4-3-5-7-9)13(15(18)19)16(11)14(10)17/h9-11H,2-8H2,1H3,(H,18,19). The van der Waals surface area contributed by atoms with E-state index in [1.165, 1.54) is 32.1 Å². The first kappa shape index (κ1) is 14.0. The Morgan fingerprint density at radius 2 is 2.05 bits per heavy atom. The van der Waals surface area contributed by atoms with Crippen LogP contribution in [0.15, 0.2) is 10.6 Å². The number of hydrogen-bond donors (Lipinski definition) is 1. The van der Waals surface area contributed by atoms with Crippen molar-refractivity contribution in [3.63, 3.8) is 0 Å². The maximum absolute atomic E-state index is 12.0. The van der Waals surface area contributed by atoms with E-state index in [1.54, 1.807) is 16.7 Å². The van der Waals surface area contributed by atoms with Gasteiger partial charge < -0.3 is 10.0 Å². The van der Waals surface area contributed by atoms with Crippen molar-refractivity contribution in [3.05, 3.63) is 10.6 Å². The average Bonchev–Trinajstić information content (AvgIpc) is 2.76. The molecule has 2 heterocycles. The number of aliphatic carboxylic acids is 1. The van der Waals surface area contributed by atoms with Crippen LogP contribution in [0.5, 0.6) is 0 Å². The average molecular weight is 295 g/mol. The molecular formula is C15H21NO3S. The highest BCUT2D eigenvalue weighted by Gasteiger charge is 2.54. The van der Waals surface area contributed by atoms with E-state index in [1.807, 2.05) is 6.92 Å². The Hall–Kier alpha value is -0.970. The van der Waals surface area contributed by atoms with Gasteiger partial charge in [-0.2, -0.15) is 0 Å². The van der Waals surface area contributed by atoms with Crippen LogP contribution in [-0.4, -0.2) is 33.2 Å². The number of amides is 1. The summed E-state index contributed by atoms with van der Waals surface area (Å²) in [6, 6.07) is 0.115. The van der Waals surface area contributed by atoms with Gasteiger partial charge in [-0.05, 0) is 19.3 Å². The molecule has 2 unspecified atom stereocenters. The molecule has 0 aromatic carbocycles. The molecule has 3 aliphatic rings. The van der Waals surface area contributed by atoms with Crippen LogP contribution in [-0.2, 0) is 9.59 Å². The lowest BCUT2D eigenvalue weighted by Gasteiger charge is -2.42. The molecule has 2 fully saturated rings. The van der Waals surface area contributed by atoms with E-state index in [4.69, 9.17) is 0 Å². The minimum absolute atomic E-state index is 0.00847. The van der Waals surface area contributed by atoms with Crippen LogP contribution in [0.1, 0.15) is 51.9 Å². The molecule has 0 aromatic rings. The third-order valence-electron chi connectivity index (χ3n) is 4.75. The number of fused-ring (bicyclic) bond motifs is 1. The zero-order valence-corrected chi connectivity index (χ0v) is 12.6. The Morgan fingerprint density at radius 1 is 1.35 bits per heavy atom. The monoisotopic (exact) mass is 295 g/mol. The smallest absolute Gasteiger partial charge is 0.353 e. The summed E-state index contributed by atoms with van der Waals surface area (Å²) in [6.45, 7) is 2.01. The first-order valence-electron chi connectivity index (χ1n) is 7.59. The number of hydrogen-bond acceptors (Lipinski definition) is 3. The van der Waals surface area contributed by atoms with E-state index >= 15 is 0 Å². The first-order chi connectivity index (χ1) is 9.63. The fourth-order valence-corrected chi connectivity index (χ4v) is 5.23. The van der Waals surface area contributed by atoms with Crippen LogP contribution in [0, 0.1) is 5.92 Å². The van der Waals surface area contributed by atoms with Crippen LogP contribution < -0.4 is 0 Å². The number of β-lactam (4-membered cyclic amide) rings is 1. The second kappa shape index (κ2) is 5.43. The third-order valence-corrected chi connectivity index (χ3v) is 6.20. The highest BCUT2D eigenvalue weighted by molar-refractivity contribution is 8.03. The molecule has 1 saturated heterocycles. The zero-order valence-electron chi connectivity index (χ0n) is 11.8. The molecule has 1 amide bonds. The summed E-state index contributed by atoms with van der Waals surface area (Å²) in [6.07, 6.45) is 7.72. The molecule has 3 rings (SSSR count). The van der Waals surface area contributed by atoms with Crippen LogP contribution in [0.2, 0.25) is 0 Å². The topological polar surface area (TPSA) is 57.6 Å². The second-order valence-electron chi connectivity index (χ2n) is 5.95. The number of carboxylic acid groups (broad SMARTS) is 1. The molecule has 4 nitrogen and oxygen atoms in total. The maximum Gasteiger partial charge on any atom is 0.353 e. The van der Waals surface area contributed by atoms with Crippen molar-refractivity contribution in [2.45, 2.75) is 63.2 Å². The number of rotatable bonds is 4. The third kappa shape index (κ3) is 2.16. The minimum atomic E-state index is -0.936. The predicted molar refractivity (Wildman–Crippen MR) is 78.2 cm³/mol.